The van der Waals surface area contributed by atoms with E-state index in [4.69, 9.17) is 9.47 Å². The first-order chi connectivity index (χ1) is 21.8. The molecule has 0 bridgehead atoms. The van der Waals surface area contributed by atoms with Crippen molar-refractivity contribution < 1.29 is 23.5 Å². The van der Waals surface area contributed by atoms with Crippen LogP contribution in [0.25, 0.3) is 0 Å². The predicted molar refractivity (Wildman–Crippen MR) is 180 cm³/mol. The lowest BCUT2D eigenvalue weighted by molar-refractivity contribution is 0.0423. The van der Waals surface area contributed by atoms with Crippen LogP contribution >= 0.6 is 0 Å². The fourth-order valence-corrected chi connectivity index (χ4v) is 6.22. The summed E-state index contributed by atoms with van der Waals surface area (Å²) in [5.74, 6) is 0.183. The number of nitrogens with one attached hydrogen (secondary N) is 4. The number of allylic oxidation sites excluding steroid dienone is 6. The Morgan fingerprint density at radius 3 is 2.59 bits per heavy atom. The molecule has 10 heteroatoms. The Morgan fingerprint density at radius 1 is 1.20 bits per heavy atom. The third kappa shape index (κ3) is 9.42. The molecule has 4 N–H and O–H groups in total. The highest BCUT2D eigenvalue weighted by atomic mass is 19.1. The molecular formula is C36H48FN5O4. The van der Waals surface area contributed by atoms with Crippen LogP contribution in [0, 0.1) is 11.2 Å². The molecule has 0 unspecified atom stereocenters. The van der Waals surface area contributed by atoms with E-state index < -0.39 is 17.5 Å². The second-order valence-electron chi connectivity index (χ2n) is 13.4. The molecule has 0 atom stereocenters. The average Bonchev–Trinajstić information content (AvgIpc) is 3.44. The van der Waals surface area contributed by atoms with Crippen molar-refractivity contribution in [1.82, 2.24) is 21.3 Å². The van der Waals surface area contributed by atoms with Gasteiger partial charge in [0.2, 0.25) is 0 Å². The number of carbonyl (C=O) groups is 2. The number of amides is 2. The van der Waals surface area contributed by atoms with Gasteiger partial charge in [-0.3, -0.25) is 10.1 Å². The molecule has 2 saturated heterocycles. The van der Waals surface area contributed by atoms with E-state index in [2.05, 4.69) is 39.4 Å². The van der Waals surface area contributed by atoms with Gasteiger partial charge in [-0.15, -0.1) is 0 Å². The van der Waals surface area contributed by atoms with Crippen LogP contribution < -0.4 is 21.3 Å². The Morgan fingerprint density at radius 2 is 1.91 bits per heavy atom. The summed E-state index contributed by atoms with van der Waals surface area (Å²) in [6, 6.07) is 4.64. The maximum atomic E-state index is 14.6. The van der Waals surface area contributed by atoms with Gasteiger partial charge in [-0.2, -0.15) is 0 Å². The normalized spacial score (nSPS) is 20.4. The van der Waals surface area contributed by atoms with Crippen LogP contribution in [0.5, 0.6) is 0 Å². The lowest BCUT2D eigenvalue weighted by Gasteiger charge is -2.50. The standard InChI is InChI=1S/C36H48FN5O4/c1-8-30(23(2)9-13-39-25(4)41-34(44)46-35(5,6)7)32-31(10-16-45-32)24(3)40-22-26-17-27(19-28(37)18-26)33(43)42-29-20-36(21-29)11-14-38-15-12-36/h8-9,13,17-19,29,38,40H,1,4,10-12,14-16,20-22H2,2-3,5-7H3,(H,41,44)(H,42,43)/b23-9+,31-24+,32-30-,39-13-. The van der Waals surface area contributed by atoms with Crippen LogP contribution in [0.2, 0.25) is 0 Å². The van der Waals surface area contributed by atoms with Gasteiger partial charge in [-0.25, -0.2) is 14.2 Å². The lowest BCUT2D eigenvalue weighted by Crippen LogP contribution is -2.54. The molecule has 1 aliphatic carbocycles. The summed E-state index contributed by atoms with van der Waals surface area (Å²) in [7, 11) is 0. The number of hydrogen-bond donors (Lipinski definition) is 4. The summed E-state index contributed by atoms with van der Waals surface area (Å²) in [5.41, 5.74) is 4.26. The van der Waals surface area contributed by atoms with E-state index >= 15 is 0 Å². The SMILES string of the molecule is C=CC(=C1/OCC/C1=C(/C)NCc1cc(F)cc(C(=O)NC2CC3(CCNCC3)C2)c1)/C(C)=C/C=N\C(=C)NC(=O)OC(C)(C)C. The van der Waals surface area contributed by atoms with Crippen molar-refractivity contribution in [2.75, 3.05) is 19.7 Å². The third-order valence-corrected chi connectivity index (χ3v) is 8.53. The van der Waals surface area contributed by atoms with Gasteiger partial charge in [-0.1, -0.05) is 19.2 Å². The van der Waals surface area contributed by atoms with E-state index in [1.54, 1.807) is 39.0 Å². The van der Waals surface area contributed by atoms with Crippen LogP contribution in [-0.4, -0.2) is 49.6 Å². The molecule has 1 aromatic rings. The van der Waals surface area contributed by atoms with E-state index in [1.165, 1.54) is 18.3 Å². The number of nitrogens with zero attached hydrogens (tertiary/aromatic N) is 1. The van der Waals surface area contributed by atoms with Crippen molar-refractivity contribution in [2.24, 2.45) is 10.4 Å². The molecule has 3 aliphatic rings. The van der Waals surface area contributed by atoms with E-state index in [-0.39, 0.29) is 17.8 Å². The highest BCUT2D eigenvalue weighted by Gasteiger charge is 2.45. The lowest BCUT2D eigenvalue weighted by atomic mass is 9.60. The molecule has 4 rings (SSSR count). The molecular weight excluding hydrogens is 585 g/mol. The van der Waals surface area contributed by atoms with Crippen LogP contribution in [0.4, 0.5) is 9.18 Å². The molecule has 0 radical (unpaired) electrons. The van der Waals surface area contributed by atoms with Crippen molar-refractivity contribution in [3.8, 4) is 0 Å². The van der Waals surface area contributed by atoms with Gasteiger partial charge in [0.1, 0.15) is 23.0 Å². The Hall–Kier alpha value is -4.18. The number of alkyl carbamates (subject to hydrolysis) is 1. The van der Waals surface area contributed by atoms with Crippen molar-refractivity contribution in [2.45, 2.75) is 84.9 Å². The van der Waals surface area contributed by atoms with Crippen molar-refractivity contribution in [3.63, 3.8) is 0 Å². The first-order valence-electron chi connectivity index (χ1n) is 15.9. The van der Waals surface area contributed by atoms with Crippen molar-refractivity contribution in [3.05, 3.63) is 94.4 Å². The average molecular weight is 634 g/mol. The smallest absolute Gasteiger partial charge is 0.413 e. The molecule has 248 valence electrons. The minimum atomic E-state index is -0.627. The fourth-order valence-electron chi connectivity index (χ4n) is 6.22. The summed E-state index contributed by atoms with van der Waals surface area (Å²) >= 11 is 0. The molecule has 0 aromatic heterocycles. The van der Waals surface area contributed by atoms with Gasteiger partial charge in [-0.05, 0) is 114 Å². The number of hydrogen-bond acceptors (Lipinski definition) is 7. The molecule has 1 spiro atoms. The molecule has 2 heterocycles. The first-order valence-corrected chi connectivity index (χ1v) is 15.9. The third-order valence-electron chi connectivity index (χ3n) is 8.53. The van der Waals surface area contributed by atoms with Crippen molar-refractivity contribution >= 4 is 18.2 Å². The van der Waals surface area contributed by atoms with Gasteiger partial charge >= 0.3 is 6.09 Å². The number of halogens is 1. The van der Waals surface area contributed by atoms with Gasteiger partial charge in [0.15, 0.2) is 0 Å². The van der Waals surface area contributed by atoms with Gasteiger partial charge in [0, 0.05) is 47.6 Å². The van der Waals surface area contributed by atoms with E-state index in [0.29, 0.717) is 41.9 Å². The number of benzene rings is 1. The van der Waals surface area contributed by atoms with Crippen LogP contribution in [0.1, 0.15) is 82.6 Å². The predicted octanol–water partition coefficient (Wildman–Crippen LogP) is 6.32. The topological polar surface area (TPSA) is 113 Å². The monoisotopic (exact) mass is 633 g/mol. The first kappa shape index (κ1) is 34.7. The molecule has 9 nitrogen and oxygen atoms in total. The van der Waals surface area contributed by atoms with Crippen LogP contribution in [-0.2, 0) is 16.0 Å². The Bertz CT molecular complexity index is 1470. The maximum Gasteiger partial charge on any atom is 0.413 e. The summed E-state index contributed by atoms with van der Waals surface area (Å²) in [6.45, 7) is 19.9. The highest BCUT2D eigenvalue weighted by molar-refractivity contribution is 5.94. The van der Waals surface area contributed by atoms with E-state index in [9.17, 15) is 14.0 Å². The second-order valence-corrected chi connectivity index (χ2v) is 13.4. The largest absolute Gasteiger partial charge is 0.492 e. The number of rotatable bonds is 10. The Kier molecular flexibility index (Phi) is 11.3. The summed E-state index contributed by atoms with van der Waals surface area (Å²) < 4.78 is 25.8. The van der Waals surface area contributed by atoms with E-state index in [0.717, 1.165) is 61.2 Å². The molecule has 3 fully saturated rings. The number of aliphatic imine (C=N–C) groups is 1. The molecule has 1 saturated carbocycles. The maximum absolute atomic E-state index is 14.6. The molecule has 2 amide bonds. The fraction of sp³-hybridized carbons (Fsp3) is 0.472. The van der Waals surface area contributed by atoms with Crippen LogP contribution in [0.15, 0.2) is 82.5 Å². The van der Waals surface area contributed by atoms with E-state index in [1.807, 2.05) is 13.8 Å². The summed E-state index contributed by atoms with van der Waals surface area (Å²) in [5, 5.41) is 12.4. The quantitative estimate of drug-likeness (QED) is 0.224. The van der Waals surface area contributed by atoms with Crippen molar-refractivity contribution in [1.29, 1.82) is 0 Å². The zero-order chi connectivity index (χ0) is 33.5. The van der Waals surface area contributed by atoms with Gasteiger partial charge in [0.05, 0.1) is 6.61 Å². The minimum absolute atomic E-state index is 0.144. The molecule has 46 heavy (non-hydrogen) atoms. The highest BCUT2D eigenvalue weighted by Crippen LogP contribution is 2.47. The Balaban J connectivity index is 1.38. The number of carbonyl (C=O) groups excluding carboxylic acids is 2. The Labute approximate surface area is 272 Å². The molecule has 2 aliphatic heterocycles. The molecule has 1 aromatic carbocycles. The number of piperidine rings is 1. The summed E-state index contributed by atoms with van der Waals surface area (Å²) in [6.07, 6.45) is 9.39. The van der Waals surface area contributed by atoms with Gasteiger partial charge in [0.25, 0.3) is 5.91 Å². The zero-order valence-corrected chi connectivity index (χ0v) is 27.8. The van der Waals surface area contributed by atoms with Crippen LogP contribution in [0.3, 0.4) is 0 Å². The zero-order valence-electron chi connectivity index (χ0n) is 27.8. The second kappa shape index (κ2) is 14.9. The summed E-state index contributed by atoms with van der Waals surface area (Å²) in [4.78, 5) is 29.1. The minimum Gasteiger partial charge on any atom is -0.492 e. The van der Waals surface area contributed by atoms with Gasteiger partial charge < -0.3 is 25.4 Å². The number of ether oxygens (including phenoxy) is 2.